The molecule has 2 amide bonds. The second kappa shape index (κ2) is 13.5. The van der Waals surface area contributed by atoms with Crippen molar-refractivity contribution in [2.45, 2.75) is 64.6 Å². The maximum atomic E-state index is 14.0. The van der Waals surface area contributed by atoms with Crippen LogP contribution in [0.3, 0.4) is 0 Å². The highest BCUT2D eigenvalue weighted by Crippen LogP contribution is 2.25. The Morgan fingerprint density at radius 3 is 1.95 bits per heavy atom. The summed E-state index contributed by atoms with van der Waals surface area (Å²) in [6.07, 6.45) is 0.737. The summed E-state index contributed by atoms with van der Waals surface area (Å²) in [6, 6.07) is 19.8. The van der Waals surface area contributed by atoms with Crippen LogP contribution >= 0.6 is 0 Å². The van der Waals surface area contributed by atoms with Crippen LogP contribution in [0.15, 0.2) is 77.7 Å². The van der Waals surface area contributed by atoms with Crippen molar-refractivity contribution in [2.24, 2.45) is 0 Å². The fourth-order valence-corrected chi connectivity index (χ4v) is 5.47. The number of ether oxygens (including phenoxy) is 1. The minimum Gasteiger partial charge on any atom is -0.497 e. The van der Waals surface area contributed by atoms with E-state index in [0.717, 1.165) is 27.4 Å². The zero-order chi connectivity index (χ0) is 29.4. The molecule has 0 aliphatic heterocycles. The van der Waals surface area contributed by atoms with Gasteiger partial charge < -0.3 is 15.0 Å². The third-order valence-electron chi connectivity index (χ3n) is 6.89. The van der Waals surface area contributed by atoms with Gasteiger partial charge in [-0.05, 0) is 76.1 Å². The number of sulfonamides is 1. The molecule has 9 heteroatoms. The average Bonchev–Trinajstić information content (AvgIpc) is 2.95. The van der Waals surface area contributed by atoms with Gasteiger partial charge in [0, 0.05) is 12.6 Å². The molecule has 0 saturated heterocycles. The molecule has 0 heterocycles. The molecule has 40 heavy (non-hydrogen) atoms. The van der Waals surface area contributed by atoms with Crippen LogP contribution in [0.25, 0.3) is 0 Å². The normalized spacial score (nSPS) is 12.8. The first kappa shape index (κ1) is 30.7. The SMILES string of the molecule is CC[C@@H](C)NC(=O)[C@H](C)N(Cc1ccc(OC)cc1)C(=O)CN(c1ccc(C)cc1)S(=O)(=O)c1ccc(C)cc1. The van der Waals surface area contributed by atoms with E-state index in [2.05, 4.69) is 5.32 Å². The zero-order valence-corrected chi connectivity index (χ0v) is 24.9. The number of carbonyl (C=O) groups is 2. The van der Waals surface area contributed by atoms with E-state index in [1.54, 1.807) is 62.6 Å². The van der Waals surface area contributed by atoms with Crippen molar-refractivity contribution >= 4 is 27.5 Å². The Morgan fingerprint density at radius 1 is 0.875 bits per heavy atom. The summed E-state index contributed by atoms with van der Waals surface area (Å²) in [5, 5.41) is 2.94. The largest absolute Gasteiger partial charge is 0.497 e. The van der Waals surface area contributed by atoms with Crippen molar-refractivity contribution in [3.05, 3.63) is 89.5 Å². The second-order valence-electron chi connectivity index (χ2n) is 10.0. The maximum absolute atomic E-state index is 14.0. The van der Waals surface area contributed by atoms with Gasteiger partial charge in [-0.2, -0.15) is 0 Å². The van der Waals surface area contributed by atoms with E-state index in [0.29, 0.717) is 11.4 Å². The smallest absolute Gasteiger partial charge is 0.264 e. The molecular weight excluding hydrogens is 526 g/mol. The van der Waals surface area contributed by atoms with Gasteiger partial charge in [0.05, 0.1) is 17.7 Å². The van der Waals surface area contributed by atoms with Gasteiger partial charge in [0.2, 0.25) is 11.8 Å². The summed E-state index contributed by atoms with van der Waals surface area (Å²) in [6.45, 7) is 8.94. The Balaban J connectivity index is 2.01. The summed E-state index contributed by atoms with van der Waals surface area (Å²) < 4.78 is 34.1. The highest BCUT2D eigenvalue weighted by atomic mass is 32.2. The van der Waals surface area contributed by atoms with Crippen LogP contribution in [0.4, 0.5) is 5.69 Å². The van der Waals surface area contributed by atoms with Crippen molar-refractivity contribution in [3.8, 4) is 5.75 Å². The Labute approximate surface area is 238 Å². The number of amides is 2. The molecule has 0 radical (unpaired) electrons. The Bertz CT molecular complexity index is 1390. The van der Waals surface area contributed by atoms with E-state index < -0.39 is 28.5 Å². The lowest BCUT2D eigenvalue weighted by atomic mass is 10.1. The lowest BCUT2D eigenvalue weighted by molar-refractivity contribution is -0.139. The number of nitrogens with one attached hydrogen (secondary N) is 1. The van der Waals surface area contributed by atoms with Gasteiger partial charge >= 0.3 is 0 Å². The molecule has 0 fully saturated rings. The molecule has 1 N–H and O–H groups in total. The summed E-state index contributed by atoms with van der Waals surface area (Å²) in [4.78, 5) is 28.6. The Hall–Kier alpha value is -3.85. The van der Waals surface area contributed by atoms with Crippen LogP contribution in [0, 0.1) is 13.8 Å². The number of methoxy groups -OCH3 is 1. The number of hydrogen-bond acceptors (Lipinski definition) is 5. The third-order valence-corrected chi connectivity index (χ3v) is 8.68. The Morgan fingerprint density at radius 2 is 1.43 bits per heavy atom. The van der Waals surface area contributed by atoms with Gasteiger partial charge in [-0.3, -0.25) is 13.9 Å². The van der Waals surface area contributed by atoms with Crippen molar-refractivity contribution in [1.29, 1.82) is 0 Å². The first-order valence-corrected chi connectivity index (χ1v) is 14.8. The molecule has 0 aromatic heterocycles. The highest BCUT2D eigenvalue weighted by molar-refractivity contribution is 7.92. The second-order valence-corrected chi connectivity index (χ2v) is 11.9. The van der Waals surface area contributed by atoms with E-state index in [-0.39, 0.29) is 23.4 Å². The number of carbonyl (C=O) groups excluding carboxylic acids is 2. The lowest BCUT2D eigenvalue weighted by Gasteiger charge is -2.32. The van der Waals surface area contributed by atoms with Crippen LogP contribution in [0.2, 0.25) is 0 Å². The molecule has 0 aliphatic rings. The van der Waals surface area contributed by atoms with E-state index >= 15 is 0 Å². The number of aryl methyl sites for hydroxylation is 2. The van der Waals surface area contributed by atoms with Crippen LogP contribution < -0.4 is 14.4 Å². The molecule has 0 bridgehead atoms. The molecule has 3 rings (SSSR count). The van der Waals surface area contributed by atoms with Crippen LogP contribution in [0.1, 0.15) is 43.9 Å². The molecule has 3 aromatic rings. The van der Waals surface area contributed by atoms with Gasteiger partial charge in [-0.15, -0.1) is 0 Å². The van der Waals surface area contributed by atoms with Gasteiger partial charge in [0.15, 0.2) is 0 Å². The number of nitrogens with zero attached hydrogens (tertiary/aromatic N) is 2. The van der Waals surface area contributed by atoms with Crippen molar-refractivity contribution in [1.82, 2.24) is 10.2 Å². The summed E-state index contributed by atoms with van der Waals surface area (Å²) in [5.74, 6) is -0.141. The fourth-order valence-electron chi connectivity index (χ4n) is 4.05. The highest BCUT2D eigenvalue weighted by Gasteiger charge is 2.32. The number of rotatable bonds is 12. The van der Waals surface area contributed by atoms with Crippen molar-refractivity contribution in [2.75, 3.05) is 18.0 Å². The molecule has 0 aliphatic carbocycles. The van der Waals surface area contributed by atoms with E-state index in [9.17, 15) is 18.0 Å². The predicted molar refractivity (Wildman–Crippen MR) is 158 cm³/mol. The molecule has 3 aromatic carbocycles. The van der Waals surface area contributed by atoms with Crippen LogP contribution in [-0.2, 0) is 26.2 Å². The Kier molecular flexibility index (Phi) is 10.3. The summed E-state index contributed by atoms with van der Waals surface area (Å²) in [5.41, 5.74) is 3.02. The van der Waals surface area contributed by atoms with Gasteiger partial charge in [-0.25, -0.2) is 8.42 Å². The molecule has 0 unspecified atom stereocenters. The minimum absolute atomic E-state index is 0.0705. The number of hydrogen-bond donors (Lipinski definition) is 1. The predicted octanol–water partition coefficient (Wildman–Crippen LogP) is 4.84. The van der Waals surface area contributed by atoms with E-state index in [1.165, 1.54) is 17.0 Å². The molecule has 0 spiro atoms. The fraction of sp³-hybridized carbons (Fsp3) is 0.355. The lowest BCUT2D eigenvalue weighted by Crippen LogP contribution is -2.52. The minimum atomic E-state index is -4.09. The number of anilines is 1. The third kappa shape index (κ3) is 7.63. The maximum Gasteiger partial charge on any atom is 0.264 e. The summed E-state index contributed by atoms with van der Waals surface area (Å²) in [7, 11) is -2.52. The van der Waals surface area contributed by atoms with Gasteiger partial charge in [0.25, 0.3) is 10.0 Å². The molecular formula is C31H39N3O5S. The molecule has 2 atom stereocenters. The van der Waals surface area contributed by atoms with Crippen molar-refractivity contribution < 1.29 is 22.7 Å². The topological polar surface area (TPSA) is 96.0 Å². The van der Waals surface area contributed by atoms with Crippen LogP contribution in [-0.4, -0.2) is 50.9 Å². The monoisotopic (exact) mass is 565 g/mol. The van der Waals surface area contributed by atoms with Crippen molar-refractivity contribution in [3.63, 3.8) is 0 Å². The first-order chi connectivity index (χ1) is 19.0. The standard InChI is InChI=1S/C31H39N3O5S/c1-7-24(4)32-31(36)25(5)33(20-26-12-16-28(39-6)17-13-26)30(35)21-34(27-14-8-22(2)9-15-27)40(37,38)29-18-10-23(3)11-19-29/h8-19,24-25H,7,20-21H2,1-6H3,(H,32,36)/t24-,25+/m1/s1. The quantitative estimate of drug-likeness (QED) is 0.339. The van der Waals surface area contributed by atoms with Gasteiger partial charge in [0.1, 0.15) is 18.3 Å². The number of benzene rings is 3. The van der Waals surface area contributed by atoms with Gasteiger partial charge in [-0.1, -0.05) is 54.4 Å². The van der Waals surface area contributed by atoms with E-state index in [4.69, 9.17) is 4.74 Å². The molecule has 214 valence electrons. The summed E-state index contributed by atoms with van der Waals surface area (Å²) >= 11 is 0. The molecule has 0 saturated carbocycles. The molecule has 8 nitrogen and oxygen atoms in total. The zero-order valence-electron chi connectivity index (χ0n) is 24.0. The van der Waals surface area contributed by atoms with E-state index in [1.807, 2.05) is 39.8 Å². The van der Waals surface area contributed by atoms with Crippen LogP contribution in [0.5, 0.6) is 5.75 Å². The average molecular weight is 566 g/mol. The first-order valence-electron chi connectivity index (χ1n) is 13.3.